The molecular formula is C19H15F3N6OS. The van der Waals surface area contributed by atoms with Gasteiger partial charge < -0.3 is 9.88 Å². The van der Waals surface area contributed by atoms with E-state index in [9.17, 15) is 18.0 Å². The number of aromatic amines is 1. The molecule has 0 aliphatic carbocycles. The molecule has 0 radical (unpaired) electrons. The maximum Gasteiger partial charge on any atom is 0.280 e. The number of fused-ring (bicyclic) bond motifs is 2. The first-order chi connectivity index (χ1) is 14.5. The van der Waals surface area contributed by atoms with Crippen LogP contribution in [-0.4, -0.2) is 42.1 Å². The van der Waals surface area contributed by atoms with Gasteiger partial charge in [-0.25, -0.2) is 23.1 Å². The van der Waals surface area contributed by atoms with Crippen LogP contribution >= 0.6 is 11.3 Å². The zero-order valence-corrected chi connectivity index (χ0v) is 16.5. The molecule has 1 aliphatic heterocycles. The van der Waals surface area contributed by atoms with Gasteiger partial charge in [0.05, 0.1) is 28.5 Å². The fraction of sp³-hybridized carbons (Fsp3) is 0.263. The summed E-state index contributed by atoms with van der Waals surface area (Å²) >= 11 is 1.25. The zero-order chi connectivity index (χ0) is 21.0. The number of para-hydroxylation sites is 1. The van der Waals surface area contributed by atoms with Gasteiger partial charge in [-0.2, -0.15) is 5.10 Å². The van der Waals surface area contributed by atoms with Crippen LogP contribution in [0.2, 0.25) is 0 Å². The summed E-state index contributed by atoms with van der Waals surface area (Å²) in [4.78, 5) is 26.6. The van der Waals surface area contributed by atoms with E-state index in [1.54, 1.807) is 12.1 Å². The van der Waals surface area contributed by atoms with E-state index in [0.717, 1.165) is 16.6 Å². The van der Waals surface area contributed by atoms with E-state index in [2.05, 4.69) is 20.1 Å². The Morgan fingerprint density at radius 3 is 2.97 bits per heavy atom. The number of amides is 1. The summed E-state index contributed by atoms with van der Waals surface area (Å²) in [5.41, 5.74) is 1.02. The summed E-state index contributed by atoms with van der Waals surface area (Å²) in [7, 11) is 1.37. The highest BCUT2D eigenvalue weighted by Gasteiger charge is 2.38. The lowest BCUT2D eigenvalue weighted by Crippen LogP contribution is -2.41. The molecule has 0 saturated heterocycles. The number of carbonyl (C=O) groups is 1. The van der Waals surface area contributed by atoms with Crippen LogP contribution < -0.4 is 0 Å². The van der Waals surface area contributed by atoms with Gasteiger partial charge in [0.25, 0.3) is 12.3 Å². The number of thiazole rings is 1. The van der Waals surface area contributed by atoms with E-state index in [-0.39, 0.29) is 17.6 Å². The standard InChI is InChI=1S/C19H15F3N6OS/c1-27-15(17(21)22)9(7-25-27)19(29)28-6-5-11-14(24-8-23-11)16(28)18-26-13-10(20)3-2-4-12(13)30-18/h2-4,7-8,16-17H,5-6H2,1H3,(H,23,24)/t16-/m0/s1. The van der Waals surface area contributed by atoms with Crippen molar-refractivity contribution in [2.75, 3.05) is 6.54 Å². The molecule has 7 nitrogen and oxygen atoms in total. The number of hydrogen-bond donors (Lipinski definition) is 1. The van der Waals surface area contributed by atoms with Crippen LogP contribution in [0.1, 0.15) is 44.9 Å². The minimum Gasteiger partial charge on any atom is -0.348 e. The summed E-state index contributed by atoms with van der Waals surface area (Å²) in [6, 6.07) is 3.94. The van der Waals surface area contributed by atoms with Gasteiger partial charge in [0, 0.05) is 25.7 Å². The van der Waals surface area contributed by atoms with E-state index in [1.807, 2.05) is 0 Å². The second-order valence-electron chi connectivity index (χ2n) is 6.92. The molecule has 3 aromatic heterocycles. The normalized spacial score (nSPS) is 16.4. The predicted octanol–water partition coefficient (Wildman–Crippen LogP) is 3.62. The highest BCUT2D eigenvalue weighted by Crippen LogP contribution is 2.39. The number of aromatic nitrogens is 5. The maximum atomic E-state index is 14.2. The Kier molecular flexibility index (Phi) is 4.35. The fourth-order valence-electron chi connectivity index (χ4n) is 3.82. The van der Waals surface area contributed by atoms with Crippen molar-refractivity contribution in [1.82, 2.24) is 29.6 Å². The van der Waals surface area contributed by atoms with Crippen molar-refractivity contribution >= 4 is 27.5 Å². The number of aryl methyl sites for hydroxylation is 1. The van der Waals surface area contributed by atoms with Crippen molar-refractivity contribution in [2.45, 2.75) is 18.9 Å². The minimum absolute atomic E-state index is 0.163. The number of alkyl halides is 2. The number of benzene rings is 1. The number of H-pyrrole nitrogens is 1. The van der Waals surface area contributed by atoms with E-state index < -0.39 is 29.9 Å². The van der Waals surface area contributed by atoms with Crippen LogP contribution in [-0.2, 0) is 13.5 Å². The lowest BCUT2D eigenvalue weighted by atomic mass is 10.0. The molecule has 11 heteroatoms. The van der Waals surface area contributed by atoms with Gasteiger partial charge in [-0.1, -0.05) is 6.07 Å². The monoisotopic (exact) mass is 432 g/mol. The quantitative estimate of drug-likeness (QED) is 0.536. The number of hydrogen-bond acceptors (Lipinski definition) is 5. The predicted molar refractivity (Wildman–Crippen MR) is 103 cm³/mol. The van der Waals surface area contributed by atoms with Gasteiger partial charge >= 0.3 is 0 Å². The van der Waals surface area contributed by atoms with E-state index in [1.165, 1.54) is 35.7 Å². The number of rotatable bonds is 3. The molecule has 4 aromatic rings. The molecule has 4 heterocycles. The smallest absolute Gasteiger partial charge is 0.280 e. The molecule has 0 unspecified atom stereocenters. The van der Waals surface area contributed by atoms with Crippen molar-refractivity contribution < 1.29 is 18.0 Å². The first-order valence-corrected chi connectivity index (χ1v) is 9.95. The van der Waals surface area contributed by atoms with Gasteiger partial charge in [-0.3, -0.25) is 9.48 Å². The molecule has 1 aliphatic rings. The van der Waals surface area contributed by atoms with Gasteiger partial charge in [0.2, 0.25) is 0 Å². The number of imidazole rings is 1. The minimum atomic E-state index is -2.85. The van der Waals surface area contributed by atoms with Crippen molar-refractivity contribution in [3.63, 3.8) is 0 Å². The second kappa shape index (κ2) is 6.94. The molecule has 1 atom stereocenters. The zero-order valence-electron chi connectivity index (χ0n) is 15.6. The third-order valence-electron chi connectivity index (χ3n) is 5.23. The molecule has 0 bridgehead atoms. The Balaban J connectivity index is 1.64. The third-order valence-corrected chi connectivity index (χ3v) is 6.30. The topological polar surface area (TPSA) is 79.7 Å². The molecule has 1 aromatic carbocycles. The molecule has 0 saturated carbocycles. The summed E-state index contributed by atoms with van der Waals surface area (Å²) in [6.45, 7) is 0.272. The van der Waals surface area contributed by atoms with Gasteiger partial charge in [-0.05, 0) is 12.1 Å². The Labute approximate surface area is 172 Å². The lowest BCUT2D eigenvalue weighted by molar-refractivity contribution is 0.0677. The highest BCUT2D eigenvalue weighted by molar-refractivity contribution is 7.18. The summed E-state index contributed by atoms with van der Waals surface area (Å²) in [5.74, 6) is -1.05. The van der Waals surface area contributed by atoms with Crippen molar-refractivity contribution in [3.05, 3.63) is 64.2 Å². The molecule has 0 fully saturated rings. The number of halogens is 3. The molecule has 1 N–H and O–H groups in total. The van der Waals surface area contributed by atoms with Crippen LogP contribution in [0.4, 0.5) is 13.2 Å². The van der Waals surface area contributed by atoms with Crippen LogP contribution in [0.5, 0.6) is 0 Å². The van der Waals surface area contributed by atoms with E-state index in [0.29, 0.717) is 21.8 Å². The summed E-state index contributed by atoms with van der Waals surface area (Å²) in [6.07, 6.45) is 0.311. The van der Waals surface area contributed by atoms with E-state index >= 15 is 0 Å². The van der Waals surface area contributed by atoms with E-state index in [4.69, 9.17) is 0 Å². The van der Waals surface area contributed by atoms with Crippen LogP contribution in [0.25, 0.3) is 10.2 Å². The second-order valence-corrected chi connectivity index (χ2v) is 7.99. The first-order valence-electron chi connectivity index (χ1n) is 9.13. The molecule has 1 amide bonds. The Hall–Kier alpha value is -3.21. The SMILES string of the molecule is Cn1ncc(C(=O)N2CCc3[nH]cnc3[C@H]2c2nc3c(F)cccc3s2)c1C(F)F. The maximum absolute atomic E-state index is 14.2. The molecule has 154 valence electrons. The molecule has 5 rings (SSSR count). The van der Waals surface area contributed by atoms with Gasteiger partial charge in [0.15, 0.2) is 0 Å². The van der Waals surface area contributed by atoms with Crippen molar-refractivity contribution in [1.29, 1.82) is 0 Å². The molecule has 30 heavy (non-hydrogen) atoms. The van der Waals surface area contributed by atoms with Crippen LogP contribution in [0.3, 0.4) is 0 Å². The number of nitrogens with zero attached hydrogens (tertiary/aromatic N) is 5. The first kappa shape index (κ1) is 18.8. The summed E-state index contributed by atoms with van der Waals surface area (Å²) in [5, 5.41) is 4.31. The highest BCUT2D eigenvalue weighted by atomic mass is 32.1. The van der Waals surface area contributed by atoms with Crippen molar-refractivity contribution in [2.24, 2.45) is 7.05 Å². The number of nitrogens with one attached hydrogen (secondary N) is 1. The van der Waals surface area contributed by atoms with Gasteiger partial charge in [0.1, 0.15) is 28.1 Å². The lowest BCUT2D eigenvalue weighted by Gasteiger charge is -2.33. The molecular weight excluding hydrogens is 417 g/mol. The largest absolute Gasteiger partial charge is 0.348 e. The number of carbonyl (C=O) groups excluding carboxylic acids is 1. The third kappa shape index (κ3) is 2.80. The Morgan fingerprint density at radius 2 is 2.20 bits per heavy atom. The van der Waals surface area contributed by atoms with Crippen LogP contribution in [0, 0.1) is 5.82 Å². The molecule has 0 spiro atoms. The Bertz CT molecular complexity index is 1260. The van der Waals surface area contributed by atoms with Crippen LogP contribution in [0.15, 0.2) is 30.7 Å². The fourth-order valence-corrected chi connectivity index (χ4v) is 4.92. The Morgan fingerprint density at radius 1 is 1.37 bits per heavy atom. The average Bonchev–Trinajstić information content (AvgIpc) is 3.44. The van der Waals surface area contributed by atoms with Gasteiger partial charge in [-0.15, -0.1) is 11.3 Å². The average molecular weight is 432 g/mol. The summed E-state index contributed by atoms with van der Waals surface area (Å²) < 4.78 is 42.9. The van der Waals surface area contributed by atoms with Crippen molar-refractivity contribution in [3.8, 4) is 0 Å².